The monoisotopic (exact) mass is 414 g/mol. The van der Waals surface area contributed by atoms with Crippen LogP contribution in [0.5, 0.6) is 5.75 Å². The smallest absolute Gasteiger partial charge is 0.232 e. The molecule has 1 amide bonds. The highest BCUT2D eigenvalue weighted by Gasteiger charge is 2.20. The van der Waals surface area contributed by atoms with E-state index in [0.29, 0.717) is 17.1 Å². The summed E-state index contributed by atoms with van der Waals surface area (Å²) in [5.74, 6) is -0.477. The number of benzene rings is 2. The van der Waals surface area contributed by atoms with Gasteiger partial charge in [-0.1, -0.05) is 23.7 Å². The molecule has 9 heteroatoms. The SMILES string of the molecule is COc1ccccc1N(CCCC(=O)Nc1ccc(F)c(Cl)c1)S(C)(=O)=O. The second-order valence-electron chi connectivity index (χ2n) is 5.79. The minimum atomic E-state index is -3.56. The van der Waals surface area contributed by atoms with Gasteiger partial charge >= 0.3 is 0 Å². The first kappa shape index (κ1) is 21.0. The van der Waals surface area contributed by atoms with Crippen LogP contribution in [0.1, 0.15) is 12.8 Å². The van der Waals surface area contributed by atoms with E-state index in [9.17, 15) is 17.6 Å². The number of sulfonamides is 1. The Labute approximate surface area is 162 Å². The Morgan fingerprint density at radius 2 is 1.96 bits per heavy atom. The number of halogens is 2. The lowest BCUT2D eigenvalue weighted by Crippen LogP contribution is -2.31. The van der Waals surface area contributed by atoms with Gasteiger partial charge in [-0.3, -0.25) is 9.10 Å². The van der Waals surface area contributed by atoms with E-state index in [4.69, 9.17) is 16.3 Å². The number of amides is 1. The Bertz CT molecular complexity index is 921. The molecule has 2 rings (SSSR count). The highest BCUT2D eigenvalue weighted by molar-refractivity contribution is 7.92. The molecule has 0 saturated carbocycles. The van der Waals surface area contributed by atoms with Gasteiger partial charge in [-0.15, -0.1) is 0 Å². The number of carbonyl (C=O) groups is 1. The topological polar surface area (TPSA) is 75.7 Å². The first-order valence-electron chi connectivity index (χ1n) is 8.08. The predicted molar refractivity (Wildman–Crippen MR) is 104 cm³/mol. The van der Waals surface area contributed by atoms with Crippen LogP contribution in [0, 0.1) is 5.82 Å². The van der Waals surface area contributed by atoms with Crippen molar-refractivity contribution in [3.63, 3.8) is 0 Å². The van der Waals surface area contributed by atoms with Crippen molar-refractivity contribution < 1.29 is 22.3 Å². The zero-order valence-electron chi connectivity index (χ0n) is 14.9. The molecule has 0 radical (unpaired) electrons. The molecule has 0 aromatic heterocycles. The first-order valence-corrected chi connectivity index (χ1v) is 10.3. The van der Waals surface area contributed by atoms with Gasteiger partial charge < -0.3 is 10.1 Å². The van der Waals surface area contributed by atoms with Crippen LogP contribution in [0.15, 0.2) is 42.5 Å². The van der Waals surface area contributed by atoms with E-state index in [2.05, 4.69) is 5.32 Å². The Morgan fingerprint density at radius 1 is 1.26 bits per heavy atom. The Morgan fingerprint density at radius 3 is 2.59 bits per heavy atom. The van der Waals surface area contributed by atoms with Crippen LogP contribution in [-0.4, -0.2) is 34.2 Å². The summed E-state index contributed by atoms with van der Waals surface area (Å²) >= 11 is 5.68. The van der Waals surface area contributed by atoms with Gasteiger partial charge in [0.05, 0.1) is 24.1 Å². The number of hydrogen-bond donors (Lipinski definition) is 1. The van der Waals surface area contributed by atoms with Crippen LogP contribution in [0.25, 0.3) is 0 Å². The summed E-state index contributed by atoms with van der Waals surface area (Å²) in [5, 5.41) is 2.51. The van der Waals surface area contributed by atoms with Gasteiger partial charge in [0, 0.05) is 18.7 Å². The fourth-order valence-electron chi connectivity index (χ4n) is 2.48. The summed E-state index contributed by atoms with van der Waals surface area (Å²) < 4.78 is 43.9. The molecule has 27 heavy (non-hydrogen) atoms. The lowest BCUT2D eigenvalue weighted by atomic mass is 10.2. The summed E-state index contributed by atoms with van der Waals surface area (Å²) in [5.41, 5.74) is 0.782. The fourth-order valence-corrected chi connectivity index (χ4v) is 3.63. The first-order chi connectivity index (χ1) is 12.7. The molecule has 0 saturated heterocycles. The van der Waals surface area contributed by atoms with Crippen molar-refractivity contribution in [2.24, 2.45) is 0 Å². The summed E-state index contributed by atoms with van der Waals surface area (Å²) in [7, 11) is -2.10. The van der Waals surface area contributed by atoms with Crippen LogP contribution in [0.2, 0.25) is 5.02 Å². The third-order valence-electron chi connectivity index (χ3n) is 3.72. The number of carbonyl (C=O) groups excluding carboxylic acids is 1. The van der Waals surface area contributed by atoms with E-state index in [1.165, 1.54) is 23.5 Å². The molecule has 146 valence electrons. The lowest BCUT2D eigenvalue weighted by molar-refractivity contribution is -0.116. The Hall–Kier alpha value is -2.32. The van der Waals surface area contributed by atoms with Crippen LogP contribution < -0.4 is 14.4 Å². The maximum atomic E-state index is 13.1. The maximum absolute atomic E-state index is 13.1. The van der Waals surface area contributed by atoms with Crippen molar-refractivity contribution in [2.45, 2.75) is 12.8 Å². The average molecular weight is 415 g/mol. The van der Waals surface area contributed by atoms with Crippen molar-refractivity contribution in [1.29, 1.82) is 0 Å². The molecule has 0 aliphatic rings. The van der Waals surface area contributed by atoms with E-state index in [1.807, 2.05) is 0 Å². The molecule has 0 spiro atoms. The van der Waals surface area contributed by atoms with Crippen LogP contribution in [-0.2, 0) is 14.8 Å². The molecule has 0 aliphatic carbocycles. The fraction of sp³-hybridized carbons (Fsp3) is 0.278. The van der Waals surface area contributed by atoms with Gasteiger partial charge in [0.2, 0.25) is 15.9 Å². The number of hydrogen-bond acceptors (Lipinski definition) is 4. The minimum absolute atomic E-state index is 0.0795. The number of rotatable bonds is 8. The Balaban J connectivity index is 2.01. The van der Waals surface area contributed by atoms with E-state index in [-0.39, 0.29) is 30.3 Å². The summed E-state index contributed by atoms with van der Waals surface area (Å²) in [6, 6.07) is 10.6. The second kappa shape index (κ2) is 9.05. The molecule has 2 aromatic carbocycles. The van der Waals surface area contributed by atoms with Crippen molar-refractivity contribution in [1.82, 2.24) is 0 Å². The summed E-state index contributed by atoms with van der Waals surface area (Å²) in [6.07, 6.45) is 1.46. The minimum Gasteiger partial charge on any atom is -0.495 e. The molecule has 2 aromatic rings. The summed E-state index contributed by atoms with van der Waals surface area (Å²) in [4.78, 5) is 12.1. The van der Waals surface area contributed by atoms with Crippen molar-refractivity contribution in [2.75, 3.05) is 29.5 Å². The number of para-hydroxylation sites is 2. The van der Waals surface area contributed by atoms with Crippen molar-refractivity contribution >= 4 is 38.9 Å². The molecule has 0 unspecified atom stereocenters. The Kier molecular flexibility index (Phi) is 7.04. The number of ether oxygens (including phenoxy) is 1. The van der Waals surface area contributed by atoms with Gasteiger partial charge in [0.1, 0.15) is 11.6 Å². The zero-order chi connectivity index (χ0) is 20.0. The van der Waals surface area contributed by atoms with E-state index in [0.717, 1.165) is 12.3 Å². The zero-order valence-corrected chi connectivity index (χ0v) is 16.5. The van der Waals surface area contributed by atoms with Gasteiger partial charge in [-0.25, -0.2) is 12.8 Å². The van der Waals surface area contributed by atoms with Gasteiger partial charge in [-0.2, -0.15) is 0 Å². The average Bonchev–Trinajstić information content (AvgIpc) is 2.61. The standard InChI is InChI=1S/C18H20ClFN2O4S/c1-26-17-7-4-3-6-16(17)22(27(2,24)25)11-5-8-18(23)21-13-9-10-15(20)14(19)12-13/h3-4,6-7,9-10,12H,5,8,11H2,1-2H3,(H,21,23). The highest BCUT2D eigenvalue weighted by Crippen LogP contribution is 2.29. The predicted octanol–water partition coefficient (Wildman–Crippen LogP) is 3.67. The van der Waals surface area contributed by atoms with E-state index >= 15 is 0 Å². The molecule has 0 bridgehead atoms. The molecule has 0 atom stereocenters. The number of anilines is 2. The van der Waals surface area contributed by atoms with Crippen LogP contribution >= 0.6 is 11.6 Å². The normalized spacial score (nSPS) is 11.1. The maximum Gasteiger partial charge on any atom is 0.232 e. The molecule has 6 nitrogen and oxygen atoms in total. The second-order valence-corrected chi connectivity index (χ2v) is 8.10. The summed E-state index contributed by atoms with van der Waals surface area (Å²) in [6.45, 7) is 0.108. The number of nitrogens with one attached hydrogen (secondary N) is 1. The van der Waals surface area contributed by atoms with E-state index < -0.39 is 15.8 Å². The molecule has 1 N–H and O–H groups in total. The molecule has 0 fully saturated rings. The van der Waals surface area contributed by atoms with Gasteiger partial charge in [0.25, 0.3) is 0 Å². The molecule has 0 aliphatic heterocycles. The largest absolute Gasteiger partial charge is 0.495 e. The molecular weight excluding hydrogens is 395 g/mol. The number of nitrogens with zero attached hydrogens (tertiary/aromatic N) is 1. The van der Waals surface area contributed by atoms with Crippen molar-refractivity contribution in [3.8, 4) is 5.75 Å². The van der Waals surface area contributed by atoms with Crippen molar-refractivity contribution in [3.05, 3.63) is 53.3 Å². The highest BCUT2D eigenvalue weighted by atomic mass is 35.5. The third kappa shape index (κ3) is 5.83. The van der Waals surface area contributed by atoms with E-state index in [1.54, 1.807) is 24.3 Å². The van der Waals surface area contributed by atoms with Crippen LogP contribution in [0.3, 0.4) is 0 Å². The molecular formula is C18H20ClFN2O4S. The van der Waals surface area contributed by atoms with Gasteiger partial charge in [-0.05, 0) is 36.8 Å². The van der Waals surface area contributed by atoms with Gasteiger partial charge in [0.15, 0.2) is 0 Å². The number of methoxy groups -OCH3 is 1. The molecule has 0 heterocycles. The third-order valence-corrected chi connectivity index (χ3v) is 5.19. The lowest BCUT2D eigenvalue weighted by Gasteiger charge is -2.24. The van der Waals surface area contributed by atoms with Crippen LogP contribution in [0.4, 0.5) is 15.8 Å². The quantitative estimate of drug-likeness (QED) is 0.715.